The van der Waals surface area contributed by atoms with E-state index < -0.39 is 5.97 Å². The molecule has 1 amide bonds. The predicted octanol–water partition coefficient (Wildman–Crippen LogP) is 1.36. The predicted molar refractivity (Wildman–Crippen MR) is 66.9 cm³/mol. The topological polar surface area (TPSA) is 66.4 Å². The summed E-state index contributed by atoms with van der Waals surface area (Å²) in [5, 5.41) is 11.4. The summed E-state index contributed by atoms with van der Waals surface area (Å²) in [6, 6.07) is 0. The summed E-state index contributed by atoms with van der Waals surface area (Å²) in [7, 11) is 0. The second-order valence-electron chi connectivity index (χ2n) is 4.94. The fourth-order valence-electron chi connectivity index (χ4n) is 2.25. The van der Waals surface area contributed by atoms with E-state index in [4.69, 9.17) is 5.11 Å². The van der Waals surface area contributed by atoms with Gasteiger partial charge in [0.25, 0.3) is 0 Å². The van der Waals surface area contributed by atoms with Crippen LogP contribution in [0.2, 0.25) is 0 Å². The van der Waals surface area contributed by atoms with Crippen LogP contribution in [-0.4, -0.2) is 35.0 Å². The Balaban J connectivity index is 1.60. The standard InChI is InChI=1S/C12H19NO3S/c14-10(15)7-17-6-5-13-12(16)11(8-1-2-8)9-3-4-9/h8-9,11H,1-7H2,(H,13,16)(H,14,15). The average Bonchev–Trinajstić information content (AvgIpc) is 3.11. The number of nitrogens with one attached hydrogen (secondary N) is 1. The van der Waals surface area contributed by atoms with E-state index in [1.54, 1.807) is 0 Å². The third kappa shape index (κ3) is 4.22. The molecule has 0 radical (unpaired) electrons. The molecule has 2 saturated carbocycles. The molecule has 2 rings (SSSR count). The van der Waals surface area contributed by atoms with Crippen molar-refractivity contribution in [2.75, 3.05) is 18.1 Å². The van der Waals surface area contributed by atoms with Gasteiger partial charge >= 0.3 is 5.97 Å². The number of carbonyl (C=O) groups excluding carboxylic acids is 1. The van der Waals surface area contributed by atoms with E-state index >= 15 is 0 Å². The largest absolute Gasteiger partial charge is 0.481 e. The first-order valence-corrected chi connectivity index (χ1v) is 7.41. The van der Waals surface area contributed by atoms with Crippen LogP contribution >= 0.6 is 11.8 Å². The molecule has 0 aliphatic heterocycles. The number of aliphatic carboxylic acids is 1. The second-order valence-corrected chi connectivity index (χ2v) is 6.04. The van der Waals surface area contributed by atoms with Crippen molar-refractivity contribution in [2.45, 2.75) is 25.7 Å². The van der Waals surface area contributed by atoms with Crippen molar-refractivity contribution in [1.29, 1.82) is 0 Å². The average molecular weight is 257 g/mol. The van der Waals surface area contributed by atoms with E-state index in [2.05, 4.69) is 5.32 Å². The molecule has 4 nitrogen and oxygen atoms in total. The van der Waals surface area contributed by atoms with E-state index in [0.717, 1.165) is 0 Å². The van der Waals surface area contributed by atoms with Crippen LogP contribution in [0.25, 0.3) is 0 Å². The fourth-order valence-corrected chi connectivity index (χ4v) is 2.81. The van der Waals surface area contributed by atoms with Crippen molar-refractivity contribution in [3.05, 3.63) is 0 Å². The van der Waals surface area contributed by atoms with Gasteiger partial charge in [0.15, 0.2) is 0 Å². The Hall–Kier alpha value is -0.710. The zero-order valence-electron chi connectivity index (χ0n) is 9.85. The molecule has 96 valence electrons. The highest BCUT2D eigenvalue weighted by Crippen LogP contribution is 2.49. The maximum Gasteiger partial charge on any atom is 0.313 e. The van der Waals surface area contributed by atoms with Crippen molar-refractivity contribution in [3.8, 4) is 0 Å². The molecule has 0 unspecified atom stereocenters. The molecule has 2 N–H and O–H groups in total. The Morgan fingerprint density at radius 2 is 1.82 bits per heavy atom. The van der Waals surface area contributed by atoms with Crippen molar-refractivity contribution in [3.63, 3.8) is 0 Å². The first-order valence-electron chi connectivity index (χ1n) is 6.25. The minimum atomic E-state index is -0.796. The Kier molecular flexibility index (Phi) is 4.31. The molecule has 2 aliphatic rings. The molecule has 0 heterocycles. The third-order valence-corrected chi connectivity index (χ3v) is 4.28. The van der Waals surface area contributed by atoms with Crippen molar-refractivity contribution in [1.82, 2.24) is 5.32 Å². The summed E-state index contributed by atoms with van der Waals surface area (Å²) in [5.74, 6) is 1.72. The van der Waals surface area contributed by atoms with Gasteiger partial charge in [-0.1, -0.05) is 0 Å². The van der Waals surface area contributed by atoms with Gasteiger partial charge in [-0.25, -0.2) is 0 Å². The lowest BCUT2D eigenvalue weighted by Crippen LogP contribution is -2.34. The van der Waals surface area contributed by atoms with E-state index in [9.17, 15) is 9.59 Å². The molecule has 0 bridgehead atoms. The molecule has 17 heavy (non-hydrogen) atoms. The smallest absolute Gasteiger partial charge is 0.313 e. The molecular formula is C12H19NO3S. The lowest BCUT2D eigenvalue weighted by atomic mass is 9.97. The summed E-state index contributed by atoms with van der Waals surface area (Å²) in [6.07, 6.45) is 4.84. The minimum absolute atomic E-state index is 0.116. The normalized spacial score (nSPS) is 19.4. The lowest BCUT2D eigenvalue weighted by molar-refractivity contribution is -0.134. The Morgan fingerprint density at radius 1 is 1.24 bits per heavy atom. The van der Waals surface area contributed by atoms with E-state index in [1.807, 2.05) is 0 Å². The van der Waals surface area contributed by atoms with Gasteiger partial charge in [-0.05, 0) is 37.5 Å². The van der Waals surface area contributed by atoms with Gasteiger partial charge in [-0.3, -0.25) is 9.59 Å². The van der Waals surface area contributed by atoms with Gasteiger partial charge in [0.2, 0.25) is 5.91 Å². The second kappa shape index (κ2) is 5.76. The van der Waals surface area contributed by atoms with Crippen LogP contribution in [0.5, 0.6) is 0 Å². The molecule has 0 aromatic carbocycles. The summed E-state index contributed by atoms with van der Waals surface area (Å²) in [4.78, 5) is 22.3. The van der Waals surface area contributed by atoms with Gasteiger partial charge in [-0.2, -0.15) is 0 Å². The van der Waals surface area contributed by atoms with Crippen LogP contribution < -0.4 is 5.32 Å². The summed E-state index contributed by atoms with van der Waals surface area (Å²) >= 11 is 1.35. The quantitative estimate of drug-likeness (QED) is 0.644. The van der Waals surface area contributed by atoms with Gasteiger partial charge in [0.1, 0.15) is 0 Å². The summed E-state index contributed by atoms with van der Waals surface area (Å²) in [5.41, 5.74) is 0. The summed E-state index contributed by atoms with van der Waals surface area (Å²) in [6.45, 7) is 0.590. The highest BCUT2D eigenvalue weighted by Gasteiger charge is 2.45. The van der Waals surface area contributed by atoms with Crippen molar-refractivity contribution in [2.24, 2.45) is 17.8 Å². The number of carboxylic acids is 1. The van der Waals surface area contributed by atoms with Crippen molar-refractivity contribution < 1.29 is 14.7 Å². The number of hydrogen-bond donors (Lipinski definition) is 2. The zero-order chi connectivity index (χ0) is 12.3. The van der Waals surface area contributed by atoms with Gasteiger partial charge < -0.3 is 10.4 Å². The lowest BCUT2D eigenvalue weighted by Gasteiger charge is -2.15. The number of carbonyl (C=O) groups is 2. The number of amides is 1. The highest BCUT2D eigenvalue weighted by molar-refractivity contribution is 7.99. The number of rotatable bonds is 8. The van der Waals surface area contributed by atoms with E-state index in [1.165, 1.54) is 37.4 Å². The van der Waals surface area contributed by atoms with E-state index in [-0.39, 0.29) is 17.6 Å². The molecule has 0 atom stereocenters. The Bertz CT molecular complexity index is 288. The van der Waals surface area contributed by atoms with Gasteiger partial charge in [0, 0.05) is 18.2 Å². The Labute approximate surface area is 106 Å². The van der Waals surface area contributed by atoms with Crippen LogP contribution in [-0.2, 0) is 9.59 Å². The Morgan fingerprint density at radius 3 is 2.29 bits per heavy atom. The number of thioether (sulfide) groups is 1. The first-order chi connectivity index (χ1) is 8.18. The SMILES string of the molecule is O=C(O)CSCCNC(=O)C(C1CC1)C1CC1. The molecule has 5 heteroatoms. The van der Waals surface area contributed by atoms with Crippen molar-refractivity contribution >= 4 is 23.6 Å². The molecule has 0 aromatic rings. The molecule has 2 fully saturated rings. The first kappa shape index (κ1) is 12.7. The van der Waals surface area contributed by atoms with Crippen LogP contribution in [0, 0.1) is 17.8 Å². The molecule has 0 aromatic heterocycles. The summed E-state index contributed by atoms with van der Waals surface area (Å²) < 4.78 is 0. The van der Waals surface area contributed by atoms with Crippen LogP contribution in [0.15, 0.2) is 0 Å². The minimum Gasteiger partial charge on any atom is -0.481 e. The van der Waals surface area contributed by atoms with Crippen LogP contribution in [0.1, 0.15) is 25.7 Å². The van der Waals surface area contributed by atoms with Crippen LogP contribution in [0.3, 0.4) is 0 Å². The molecule has 0 spiro atoms. The molecular weight excluding hydrogens is 238 g/mol. The van der Waals surface area contributed by atoms with Gasteiger partial charge in [0.05, 0.1) is 5.75 Å². The maximum absolute atomic E-state index is 12.0. The molecule has 2 aliphatic carbocycles. The highest BCUT2D eigenvalue weighted by atomic mass is 32.2. The van der Waals surface area contributed by atoms with Crippen LogP contribution in [0.4, 0.5) is 0 Å². The fraction of sp³-hybridized carbons (Fsp3) is 0.833. The monoisotopic (exact) mass is 257 g/mol. The third-order valence-electron chi connectivity index (χ3n) is 3.33. The van der Waals surface area contributed by atoms with E-state index in [0.29, 0.717) is 24.1 Å². The number of carboxylic acid groups (broad SMARTS) is 1. The zero-order valence-corrected chi connectivity index (χ0v) is 10.7. The molecule has 0 saturated heterocycles. The maximum atomic E-state index is 12.0. The van der Waals surface area contributed by atoms with Gasteiger partial charge in [-0.15, -0.1) is 11.8 Å². The number of hydrogen-bond acceptors (Lipinski definition) is 3.